The number of ether oxygens (including phenoxy) is 1. The first-order valence-electron chi connectivity index (χ1n) is 7.31. The van der Waals surface area contributed by atoms with Gasteiger partial charge in [-0.05, 0) is 28.0 Å². The van der Waals surface area contributed by atoms with E-state index >= 15 is 0 Å². The van der Waals surface area contributed by atoms with Crippen molar-refractivity contribution >= 4 is 17.6 Å². The number of nitrogens with zero attached hydrogens (tertiary/aromatic N) is 4. The molecule has 2 atom stereocenters. The summed E-state index contributed by atoms with van der Waals surface area (Å²) in [6.45, 7) is 3.55. The van der Waals surface area contributed by atoms with Gasteiger partial charge in [-0.3, -0.25) is 9.59 Å². The molecule has 3 rings (SSSR count). The first kappa shape index (κ1) is 15.9. The Morgan fingerprint density at radius 3 is 2.62 bits per heavy atom. The molecule has 0 spiro atoms. The third kappa shape index (κ3) is 2.57. The monoisotopic (exact) mass is 331 g/mol. The maximum absolute atomic E-state index is 12.4. The van der Waals surface area contributed by atoms with Crippen LogP contribution in [0.2, 0.25) is 0 Å². The largest absolute Gasteiger partial charge is 0.494 e. The molecule has 2 N–H and O–H groups in total. The molecule has 0 bridgehead atoms. The average molecular weight is 331 g/mol. The Bertz CT molecular complexity index is 787. The molecule has 1 aromatic carbocycles. The molecule has 1 heterocycles. The van der Waals surface area contributed by atoms with E-state index in [0.29, 0.717) is 17.1 Å². The third-order valence-corrected chi connectivity index (χ3v) is 4.42. The van der Waals surface area contributed by atoms with Crippen molar-refractivity contribution in [3.8, 4) is 11.4 Å². The number of amides is 1. The molecule has 24 heavy (non-hydrogen) atoms. The number of methoxy groups -OCH3 is 1. The molecule has 1 aromatic heterocycles. The minimum atomic E-state index is -0.952. The molecule has 1 amide bonds. The number of carbonyl (C=O) groups is 2. The highest BCUT2D eigenvalue weighted by Crippen LogP contribution is 2.58. The van der Waals surface area contributed by atoms with Crippen LogP contribution in [0.4, 0.5) is 5.69 Å². The van der Waals surface area contributed by atoms with Gasteiger partial charge >= 0.3 is 5.97 Å². The maximum atomic E-state index is 12.4. The van der Waals surface area contributed by atoms with E-state index in [0.717, 1.165) is 0 Å². The fourth-order valence-corrected chi connectivity index (χ4v) is 3.02. The molecule has 1 saturated carbocycles. The molecule has 1 fully saturated rings. The van der Waals surface area contributed by atoms with Crippen LogP contribution < -0.4 is 10.1 Å². The van der Waals surface area contributed by atoms with Gasteiger partial charge < -0.3 is 15.2 Å². The van der Waals surface area contributed by atoms with E-state index < -0.39 is 23.2 Å². The molecule has 9 heteroatoms. The lowest BCUT2D eigenvalue weighted by Crippen LogP contribution is -2.17. The highest BCUT2D eigenvalue weighted by Gasteiger charge is 2.65. The molecule has 126 valence electrons. The van der Waals surface area contributed by atoms with Crippen molar-refractivity contribution in [2.45, 2.75) is 13.8 Å². The number of aliphatic carboxylic acids is 1. The molecule has 0 radical (unpaired) electrons. The van der Waals surface area contributed by atoms with Crippen LogP contribution in [-0.4, -0.2) is 44.3 Å². The SMILES string of the molecule is COc1cc(NC(=O)[C@H]2[C@H](C(=O)O)C2(C)C)ccc1-n1cnnn1. The Morgan fingerprint density at radius 2 is 2.08 bits per heavy atom. The second kappa shape index (κ2) is 5.59. The molecule has 2 aromatic rings. The minimum absolute atomic E-state index is 0.315. The van der Waals surface area contributed by atoms with Gasteiger partial charge in [-0.2, -0.15) is 4.68 Å². The fourth-order valence-electron chi connectivity index (χ4n) is 3.02. The Balaban J connectivity index is 1.79. The standard InChI is InChI=1S/C15H17N5O4/c1-15(2)11(12(15)14(22)23)13(21)17-8-4-5-9(10(6-8)24-3)20-7-16-18-19-20/h4-7,11-12H,1-3H3,(H,17,21)(H,22,23)/t11-,12-/m1/s1. The predicted octanol–water partition coefficient (Wildman–Crippen LogP) is 0.966. The molecule has 0 aliphatic heterocycles. The second-order valence-corrected chi connectivity index (χ2v) is 6.25. The summed E-state index contributed by atoms with van der Waals surface area (Å²) in [6.07, 6.45) is 1.43. The van der Waals surface area contributed by atoms with Crippen LogP contribution in [-0.2, 0) is 9.59 Å². The zero-order valence-corrected chi connectivity index (χ0v) is 13.4. The summed E-state index contributed by atoms with van der Waals surface area (Å²) in [5.74, 6) is -2.01. The lowest BCUT2D eigenvalue weighted by atomic mass is 10.1. The van der Waals surface area contributed by atoms with Crippen molar-refractivity contribution in [1.82, 2.24) is 20.2 Å². The Hall–Kier alpha value is -2.97. The topological polar surface area (TPSA) is 119 Å². The van der Waals surface area contributed by atoms with Crippen LogP contribution in [0.3, 0.4) is 0 Å². The Kier molecular flexibility index (Phi) is 3.70. The number of hydrogen-bond donors (Lipinski definition) is 2. The van der Waals surface area contributed by atoms with Crippen LogP contribution in [0.25, 0.3) is 5.69 Å². The number of rotatable bonds is 5. The van der Waals surface area contributed by atoms with E-state index in [-0.39, 0.29) is 5.91 Å². The Labute approximate surface area is 137 Å². The number of nitrogens with one attached hydrogen (secondary N) is 1. The second-order valence-electron chi connectivity index (χ2n) is 6.25. The van der Waals surface area contributed by atoms with Gasteiger partial charge in [0.2, 0.25) is 5.91 Å². The zero-order valence-electron chi connectivity index (χ0n) is 13.4. The number of benzene rings is 1. The summed E-state index contributed by atoms with van der Waals surface area (Å²) in [6, 6.07) is 5.03. The number of carboxylic acid groups (broad SMARTS) is 1. The van der Waals surface area contributed by atoms with Gasteiger partial charge in [0.1, 0.15) is 17.8 Å². The number of carboxylic acids is 1. The van der Waals surface area contributed by atoms with Gasteiger partial charge in [0.25, 0.3) is 0 Å². The van der Waals surface area contributed by atoms with Crippen molar-refractivity contribution in [3.05, 3.63) is 24.5 Å². The van der Waals surface area contributed by atoms with Crippen molar-refractivity contribution in [2.75, 3.05) is 12.4 Å². The maximum Gasteiger partial charge on any atom is 0.307 e. The molecule has 1 aliphatic carbocycles. The van der Waals surface area contributed by atoms with Gasteiger partial charge in [0.05, 0.1) is 18.9 Å². The molecular weight excluding hydrogens is 314 g/mol. The van der Waals surface area contributed by atoms with E-state index in [4.69, 9.17) is 4.74 Å². The van der Waals surface area contributed by atoms with E-state index in [1.807, 2.05) is 0 Å². The smallest absolute Gasteiger partial charge is 0.307 e. The van der Waals surface area contributed by atoms with Gasteiger partial charge in [-0.15, -0.1) is 5.10 Å². The fraction of sp³-hybridized carbons (Fsp3) is 0.400. The van der Waals surface area contributed by atoms with Crippen molar-refractivity contribution in [2.24, 2.45) is 17.3 Å². The van der Waals surface area contributed by atoms with E-state index in [1.165, 1.54) is 18.1 Å². The number of anilines is 1. The quantitative estimate of drug-likeness (QED) is 0.837. The van der Waals surface area contributed by atoms with Gasteiger partial charge in [-0.1, -0.05) is 13.8 Å². The summed E-state index contributed by atoms with van der Waals surface area (Å²) >= 11 is 0. The lowest BCUT2D eigenvalue weighted by molar-refractivity contribution is -0.140. The normalized spacial score (nSPS) is 21.1. The van der Waals surface area contributed by atoms with Crippen molar-refractivity contribution in [1.29, 1.82) is 0 Å². The van der Waals surface area contributed by atoms with Crippen molar-refractivity contribution in [3.63, 3.8) is 0 Å². The third-order valence-electron chi connectivity index (χ3n) is 4.42. The first-order valence-corrected chi connectivity index (χ1v) is 7.31. The Morgan fingerprint density at radius 1 is 1.33 bits per heavy atom. The number of hydrogen-bond acceptors (Lipinski definition) is 6. The van der Waals surface area contributed by atoms with Crippen LogP contribution in [0.15, 0.2) is 24.5 Å². The average Bonchev–Trinajstić information content (AvgIpc) is 2.89. The van der Waals surface area contributed by atoms with Gasteiger partial charge in [-0.25, -0.2) is 0 Å². The van der Waals surface area contributed by atoms with Crippen molar-refractivity contribution < 1.29 is 19.4 Å². The molecular formula is C15H17N5O4. The number of carbonyl (C=O) groups excluding carboxylic acids is 1. The summed E-state index contributed by atoms with van der Waals surface area (Å²) in [5, 5.41) is 22.9. The van der Waals surface area contributed by atoms with Gasteiger partial charge in [0, 0.05) is 11.8 Å². The predicted molar refractivity (Wildman–Crippen MR) is 82.7 cm³/mol. The number of tetrazole rings is 1. The highest BCUT2D eigenvalue weighted by atomic mass is 16.5. The zero-order chi connectivity index (χ0) is 17.5. The molecule has 0 unspecified atom stereocenters. The van der Waals surface area contributed by atoms with Gasteiger partial charge in [0.15, 0.2) is 0 Å². The summed E-state index contributed by atoms with van der Waals surface area (Å²) in [5.41, 5.74) is 0.586. The van der Waals surface area contributed by atoms with E-state index in [1.54, 1.807) is 32.0 Å². The summed E-state index contributed by atoms with van der Waals surface area (Å²) < 4.78 is 6.75. The summed E-state index contributed by atoms with van der Waals surface area (Å²) in [4.78, 5) is 23.6. The lowest BCUT2D eigenvalue weighted by Gasteiger charge is -2.11. The molecule has 9 nitrogen and oxygen atoms in total. The van der Waals surface area contributed by atoms with Crippen LogP contribution in [0.1, 0.15) is 13.8 Å². The van der Waals surface area contributed by atoms with Crippen LogP contribution in [0, 0.1) is 17.3 Å². The van der Waals surface area contributed by atoms with E-state index in [2.05, 4.69) is 20.8 Å². The first-order chi connectivity index (χ1) is 11.4. The summed E-state index contributed by atoms with van der Waals surface area (Å²) in [7, 11) is 1.50. The number of aromatic nitrogens is 4. The highest BCUT2D eigenvalue weighted by molar-refractivity contribution is 5.99. The van der Waals surface area contributed by atoms with E-state index in [9.17, 15) is 14.7 Å². The van der Waals surface area contributed by atoms with Crippen LogP contribution >= 0.6 is 0 Å². The molecule has 0 saturated heterocycles. The van der Waals surface area contributed by atoms with Crippen LogP contribution in [0.5, 0.6) is 5.75 Å². The minimum Gasteiger partial charge on any atom is -0.494 e. The molecule has 1 aliphatic rings.